The van der Waals surface area contributed by atoms with Gasteiger partial charge in [0, 0.05) is 24.3 Å². The molecule has 1 fully saturated rings. The molecule has 0 spiro atoms. The smallest absolute Gasteiger partial charge is 0.0638 e. The molecule has 0 aromatic carbocycles. The summed E-state index contributed by atoms with van der Waals surface area (Å²) >= 11 is 0. The number of hydrogen-bond acceptors (Lipinski definition) is 2. The predicted octanol–water partition coefficient (Wildman–Crippen LogP) is 3.83. The quantitative estimate of drug-likeness (QED) is 0.875. The molecular weight excluding hydrogens is 234 g/mol. The fraction of sp³-hybridized carbons (Fsp3) is 0.812. The molecule has 1 aromatic rings. The molecule has 2 rings (SSSR count). The highest BCUT2D eigenvalue weighted by Gasteiger charge is 2.22. The van der Waals surface area contributed by atoms with Crippen molar-refractivity contribution >= 4 is 0 Å². The number of rotatable bonds is 5. The molecule has 108 valence electrons. The lowest BCUT2D eigenvalue weighted by Gasteiger charge is -2.27. The highest BCUT2D eigenvalue weighted by Crippen LogP contribution is 2.33. The molecule has 3 heteroatoms. The van der Waals surface area contributed by atoms with Crippen molar-refractivity contribution in [2.45, 2.75) is 78.4 Å². The average molecular weight is 263 g/mol. The Morgan fingerprint density at radius 1 is 1.32 bits per heavy atom. The molecule has 1 aliphatic rings. The van der Waals surface area contributed by atoms with Crippen molar-refractivity contribution in [2.24, 2.45) is 5.92 Å². The second-order valence-electron chi connectivity index (χ2n) is 6.34. The van der Waals surface area contributed by atoms with E-state index >= 15 is 0 Å². The Morgan fingerprint density at radius 3 is 2.58 bits per heavy atom. The van der Waals surface area contributed by atoms with Crippen LogP contribution in [0.4, 0.5) is 0 Å². The van der Waals surface area contributed by atoms with Gasteiger partial charge >= 0.3 is 0 Å². The first-order valence-corrected chi connectivity index (χ1v) is 7.88. The molecule has 0 bridgehead atoms. The van der Waals surface area contributed by atoms with Gasteiger partial charge in [0.1, 0.15) is 0 Å². The van der Waals surface area contributed by atoms with Crippen LogP contribution >= 0.6 is 0 Å². The lowest BCUT2D eigenvalue weighted by Crippen LogP contribution is -2.22. The Balaban J connectivity index is 1.96. The fourth-order valence-corrected chi connectivity index (χ4v) is 3.01. The summed E-state index contributed by atoms with van der Waals surface area (Å²) in [5, 5.41) is 8.22. The summed E-state index contributed by atoms with van der Waals surface area (Å²) in [7, 11) is 0. The standard InChI is InChI=1S/C16H29N3/c1-5-14-6-8-16(9-7-14)19-11-15(13(4)18-19)10-17-12(2)3/h11-12,14,16-17H,5-10H2,1-4H3. The van der Waals surface area contributed by atoms with Gasteiger partial charge in [0.15, 0.2) is 0 Å². The normalized spacial score (nSPS) is 24.1. The van der Waals surface area contributed by atoms with E-state index in [9.17, 15) is 0 Å². The highest BCUT2D eigenvalue weighted by molar-refractivity contribution is 5.15. The first-order valence-electron chi connectivity index (χ1n) is 7.88. The molecule has 0 atom stereocenters. The summed E-state index contributed by atoms with van der Waals surface area (Å²) in [4.78, 5) is 0. The minimum Gasteiger partial charge on any atom is -0.310 e. The minimum atomic E-state index is 0.530. The van der Waals surface area contributed by atoms with E-state index in [-0.39, 0.29) is 0 Å². The van der Waals surface area contributed by atoms with Crippen LogP contribution in [0.2, 0.25) is 0 Å². The molecule has 0 saturated heterocycles. The van der Waals surface area contributed by atoms with Crippen LogP contribution in [0.1, 0.15) is 70.2 Å². The van der Waals surface area contributed by atoms with Crippen molar-refractivity contribution in [1.82, 2.24) is 15.1 Å². The number of nitrogens with one attached hydrogen (secondary N) is 1. The van der Waals surface area contributed by atoms with Crippen LogP contribution in [-0.4, -0.2) is 15.8 Å². The second kappa shape index (κ2) is 6.56. The molecule has 0 unspecified atom stereocenters. The lowest BCUT2D eigenvalue weighted by atomic mass is 9.85. The molecule has 0 aliphatic heterocycles. The van der Waals surface area contributed by atoms with Gasteiger partial charge in [0.2, 0.25) is 0 Å². The molecule has 1 N–H and O–H groups in total. The van der Waals surface area contributed by atoms with Crippen molar-refractivity contribution < 1.29 is 0 Å². The number of hydrogen-bond donors (Lipinski definition) is 1. The third kappa shape index (κ3) is 3.82. The summed E-state index contributed by atoms with van der Waals surface area (Å²) < 4.78 is 2.23. The van der Waals surface area contributed by atoms with Crippen LogP contribution in [0.3, 0.4) is 0 Å². The van der Waals surface area contributed by atoms with Crippen LogP contribution in [0, 0.1) is 12.8 Å². The lowest BCUT2D eigenvalue weighted by molar-refractivity contribution is 0.256. The van der Waals surface area contributed by atoms with Crippen molar-refractivity contribution in [3.8, 4) is 0 Å². The van der Waals surface area contributed by atoms with Gasteiger partial charge < -0.3 is 5.32 Å². The van der Waals surface area contributed by atoms with Crippen molar-refractivity contribution in [3.05, 3.63) is 17.5 Å². The van der Waals surface area contributed by atoms with Crippen LogP contribution in [-0.2, 0) is 6.54 Å². The van der Waals surface area contributed by atoms with Crippen LogP contribution in [0.25, 0.3) is 0 Å². The first kappa shape index (κ1) is 14.6. The summed E-state index contributed by atoms with van der Waals surface area (Å²) in [5.74, 6) is 0.954. The monoisotopic (exact) mass is 263 g/mol. The topological polar surface area (TPSA) is 29.9 Å². The summed E-state index contributed by atoms with van der Waals surface area (Å²) in [6, 6.07) is 1.16. The largest absolute Gasteiger partial charge is 0.310 e. The molecular formula is C16H29N3. The zero-order chi connectivity index (χ0) is 13.8. The molecule has 3 nitrogen and oxygen atoms in total. The fourth-order valence-electron chi connectivity index (χ4n) is 3.01. The van der Waals surface area contributed by atoms with E-state index in [1.54, 1.807) is 0 Å². The second-order valence-corrected chi connectivity index (χ2v) is 6.34. The maximum atomic E-state index is 4.74. The van der Waals surface area contributed by atoms with Gasteiger partial charge in [-0.05, 0) is 38.5 Å². The summed E-state index contributed by atoms with van der Waals surface area (Å²) in [6.07, 6.45) is 8.96. The molecule has 1 aliphatic carbocycles. The van der Waals surface area contributed by atoms with Gasteiger partial charge in [-0.25, -0.2) is 0 Å². The number of aryl methyl sites for hydroxylation is 1. The molecule has 0 amide bonds. The van der Waals surface area contributed by atoms with E-state index in [0.29, 0.717) is 12.1 Å². The van der Waals surface area contributed by atoms with Gasteiger partial charge in [-0.1, -0.05) is 27.2 Å². The Hall–Kier alpha value is -0.830. The number of nitrogens with zero attached hydrogens (tertiary/aromatic N) is 2. The average Bonchev–Trinajstić information content (AvgIpc) is 2.78. The third-order valence-corrected chi connectivity index (χ3v) is 4.49. The zero-order valence-corrected chi connectivity index (χ0v) is 12.9. The van der Waals surface area contributed by atoms with E-state index in [2.05, 4.69) is 43.9 Å². The predicted molar refractivity (Wildman–Crippen MR) is 80.2 cm³/mol. The van der Waals surface area contributed by atoms with Gasteiger partial charge in [-0.2, -0.15) is 5.10 Å². The van der Waals surface area contributed by atoms with Gasteiger partial charge in [-0.15, -0.1) is 0 Å². The van der Waals surface area contributed by atoms with E-state index in [1.807, 2.05) is 0 Å². The Labute approximate surface area is 117 Å². The van der Waals surface area contributed by atoms with Crippen LogP contribution in [0.15, 0.2) is 6.20 Å². The van der Waals surface area contributed by atoms with Crippen molar-refractivity contribution in [1.29, 1.82) is 0 Å². The van der Waals surface area contributed by atoms with E-state index in [0.717, 1.165) is 12.5 Å². The SMILES string of the molecule is CCC1CCC(n2cc(CNC(C)C)c(C)n2)CC1. The van der Waals surface area contributed by atoms with Crippen molar-refractivity contribution in [2.75, 3.05) is 0 Å². The number of aromatic nitrogens is 2. The Bertz CT molecular complexity index is 387. The van der Waals surface area contributed by atoms with Crippen molar-refractivity contribution in [3.63, 3.8) is 0 Å². The van der Waals surface area contributed by atoms with E-state index in [4.69, 9.17) is 5.10 Å². The third-order valence-electron chi connectivity index (χ3n) is 4.49. The molecule has 0 radical (unpaired) electrons. The molecule has 1 heterocycles. The van der Waals surface area contributed by atoms with Gasteiger partial charge in [-0.3, -0.25) is 4.68 Å². The van der Waals surface area contributed by atoms with Crippen LogP contribution < -0.4 is 5.32 Å². The minimum absolute atomic E-state index is 0.530. The van der Waals surface area contributed by atoms with Gasteiger partial charge in [0.25, 0.3) is 0 Å². The summed E-state index contributed by atoms with van der Waals surface area (Å²) in [6.45, 7) is 9.76. The Kier molecular flexibility index (Phi) is 5.03. The Morgan fingerprint density at radius 2 is 2.00 bits per heavy atom. The van der Waals surface area contributed by atoms with Crippen LogP contribution in [0.5, 0.6) is 0 Å². The molecule has 1 saturated carbocycles. The van der Waals surface area contributed by atoms with E-state index in [1.165, 1.54) is 43.4 Å². The zero-order valence-electron chi connectivity index (χ0n) is 12.9. The highest BCUT2D eigenvalue weighted by atomic mass is 15.3. The molecule has 1 aromatic heterocycles. The maximum absolute atomic E-state index is 4.74. The molecule has 19 heavy (non-hydrogen) atoms. The first-order chi connectivity index (χ1) is 9.10. The summed E-state index contributed by atoms with van der Waals surface area (Å²) in [5.41, 5.74) is 2.54. The maximum Gasteiger partial charge on any atom is 0.0638 e. The van der Waals surface area contributed by atoms with Gasteiger partial charge in [0.05, 0.1) is 11.7 Å². The van der Waals surface area contributed by atoms with E-state index < -0.39 is 0 Å².